The standard InChI is InChI=1S/C65H42N2/c1-5-22-43(23-6-1)60-62-64(67(46-28-11-4-12-29-46)63(60)44-24-7-2-8-25-44)55-36-21-39-59(61(55)65(62)57-37-19-17-34-53(57)54-35-18-20-38-58(54)65)66(45-26-9-3-10-27-45)47-40-41-52-50-32-14-13-30-48(50)49-31-15-16-33-51(49)56(52)42-47/h1-42H. The van der Waals surface area contributed by atoms with Crippen LogP contribution < -0.4 is 4.90 Å². The van der Waals surface area contributed by atoms with Crippen molar-refractivity contribution in [3.05, 3.63) is 277 Å². The molecule has 0 radical (unpaired) electrons. The Bertz CT molecular complexity index is 3820. The molecule has 14 rings (SSSR count). The molecule has 312 valence electrons. The average molecular weight is 851 g/mol. The van der Waals surface area contributed by atoms with Gasteiger partial charge in [-0.15, -0.1) is 0 Å². The third-order valence-electron chi connectivity index (χ3n) is 14.5. The maximum Gasteiger partial charge on any atom is 0.0768 e. The maximum atomic E-state index is 2.58. The zero-order chi connectivity index (χ0) is 44.1. The quantitative estimate of drug-likeness (QED) is 0.151. The Labute approximate surface area is 389 Å². The van der Waals surface area contributed by atoms with Gasteiger partial charge < -0.3 is 9.47 Å². The van der Waals surface area contributed by atoms with E-state index in [-0.39, 0.29) is 0 Å². The number of para-hydroxylation sites is 2. The van der Waals surface area contributed by atoms with Crippen LogP contribution in [0, 0.1) is 0 Å². The summed E-state index contributed by atoms with van der Waals surface area (Å²) in [6.07, 6.45) is 0. The van der Waals surface area contributed by atoms with Crippen molar-refractivity contribution in [1.82, 2.24) is 4.57 Å². The number of anilines is 3. The van der Waals surface area contributed by atoms with Crippen molar-refractivity contribution in [3.63, 3.8) is 0 Å². The van der Waals surface area contributed by atoms with Crippen molar-refractivity contribution < 1.29 is 0 Å². The van der Waals surface area contributed by atoms with Gasteiger partial charge in [0.2, 0.25) is 0 Å². The van der Waals surface area contributed by atoms with Crippen molar-refractivity contribution in [2.75, 3.05) is 4.90 Å². The van der Waals surface area contributed by atoms with E-state index in [0.717, 1.165) is 22.7 Å². The first kappa shape index (κ1) is 37.6. The fourth-order valence-corrected chi connectivity index (χ4v) is 12.0. The van der Waals surface area contributed by atoms with Crippen LogP contribution in [0.5, 0.6) is 0 Å². The first-order valence-electron chi connectivity index (χ1n) is 23.3. The van der Waals surface area contributed by atoms with Crippen LogP contribution in [-0.2, 0) is 5.41 Å². The average Bonchev–Trinajstić information content (AvgIpc) is 4.02. The van der Waals surface area contributed by atoms with E-state index in [2.05, 4.69) is 264 Å². The fraction of sp³-hybridized carbons (Fsp3) is 0.0154. The van der Waals surface area contributed by atoms with Crippen molar-refractivity contribution in [2.24, 2.45) is 0 Å². The molecule has 2 nitrogen and oxygen atoms in total. The van der Waals surface area contributed by atoms with Crippen LogP contribution in [-0.4, -0.2) is 4.57 Å². The molecular formula is C65H42N2. The molecule has 0 aliphatic heterocycles. The Morgan fingerprint density at radius 2 is 0.791 bits per heavy atom. The normalized spacial score (nSPS) is 12.9. The largest absolute Gasteiger partial charge is 0.310 e. The van der Waals surface area contributed by atoms with Crippen molar-refractivity contribution in [2.45, 2.75) is 5.41 Å². The molecule has 0 saturated heterocycles. The van der Waals surface area contributed by atoms with Gasteiger partial charge in [0.05, 0.1) is 22.5 Å². The first-order chi connectivity index (χ1) is 33.3. The number of hydrogen-bond acceptors (Lipinski definition) is 1. The highest BCUT2D eigenvalue weighted by Gasteiger charge is 2.57. The van der Waals surface area contributed by atoms with Gasteiger partial charge in [0.15, 0.2) is 0 Å². The van der Waals surface area contributed by atoms with Gasteiger partial charge in [-0.05, 0) is 108 Å². The Hall–Kier alpha value is -8.72. The number of fused-ring (bicyclic) bond motifs is 16. The highest BCUT2D eigenvalue weighted by atomic mass is 15.1. The number of aromatic nitrogens is 1. The molecule has 0 fully saturated rings. The van der Waals surface area contributed by atoms with E-state index < -0.39 is 5.41 Å². The Kier molecular flexibility index (Phi) is 8.23. The van der Waals surface area contributed by atoms with E-state index in [1.54, 1.807) is 0 Å². The molecule has 0 atom stereocenters. The molecule has 2 heteroatoms. The molecule has 0 unspecified atom stereocenters. The van der Waals surface area contributed by atoms with Crippen LogP contribution in [0.3, 0.4) is 0 Å². The lowest BCUT2D eigenvalue weighted by Crippen LogP contribution is -2.28. The fourth-order valence-electron chi connectivity index (χ4n) is 12.0. The molecular weight excluding hydrogens is 809 g/mol. The minimum absolute atomic E-state index is 0.712. The predicted molar refractivity (Wildman–Crippen MR) is 280 cm³/mol. The summed E-state index contributed by atoms with van der Waals surface area (Å²) in [5.41, 5.74) is 18.8. The number of benzene rings is 11. The van der Waals surface area contributed by atoms with Crippen LogP contribution in [0.25, 0.3) is 82.8 Å². The van der Waals surface area contributed by atoms with E-state index in [1.807, 2.05) is 0 Å². The second-order valence-corrected chi connectivity index (χ2v) is 17.9. The molecule has 0 saturated carbocycles. The lowest BCUT2D eigenvalue weighted by Gasteiger charge is -2.36. The van der Waals surface area contributed by atoms with Crippen molar-refractivity contribution in [3.8, 4) is 50.5 Å². The van der Waals surface area contributed by atoms with E-state index >= 15 is 0 Å². The second kappa shape index (κ2) is 14.7. The lowest BCUT2D eigenvalue weighted by molar-refractivity contribution is 0.796. The monoisotopic (exact) mass is 850 g/mol. The Balaban J connectivity index is 1.17. The maximum absolute atomic E-state index is 2.58. The van der Waals surface area contributed by atoms with Crippen molar-refractivity contribution in [1.29, 1.82) is 0 Å². The molecule has 11 aromatic carbocycles. The Morgan fingerprint density at radius 3 is 1.40 bits per heavy atom. The van der Waals surface area contributed by atoms with Gasteiger partial charge in [-0.1, -0.05) is 212 Å². The summed E-state index contributed by atoms with van der Waals surface area (Å²) >= 11 is 0. The van der Waals surface area contributed by atoms with Gasteiger partial charge in [-0.3, -0.25) is 0 Å². The third-order valence-corrected chi connectivity index (χ3v) is 14.5. The van der Waals surface area contributed by atoms with Gasteiger partial charge in [-0.25, -0.2) is 0 Å². The van der Waals surface area contributed by atoms with Crippen LogP contribution in [0.2, 0.25) is 0 Å². The first-order valence-corrected chi connectivity index (χ1v) is 23.3. The molecule has 12 aromatic rings. The molecule has 0 amide bonds. The molecule has 1 spiro atoms. The number of rotatable bonds is 6. The molecule has 2 aliphatic carbocycles. The van der Waals surface area contributed by atoms with Crippen LogP contribution in [0.4, 0.5) is 17.1 Å². The van der Waals surface area contributed by atoms with Gasteiger partial charge in [-0.2, -0.15) is 0 Å². The van der Waals surface area contributed by atoms with E-state index in [0.29, 0.717) is 0 Å². The molecule has 0 bridgehead atoms. The van der Waals surface area contributed by atoms with Gasteiger partial charge in [0, 0.05) is 39.3 Å². The van der Waals surface area contributed by atoms with E-state index in [4.69, 9.17) is 0 Å². The summed E-state index contributed by atoms with van der Waals surface area (Å²) in [6, 6.07) is 94.5. The third kappa shape index (κ3) is 5.27. The summed E-state index contributed by atoms with van der Waals surface area (Å²) in [6.45, 7) is 0. The highest BCUT2D eigenvalue weighted by molar-refractivity contribution is 6.26. The minimum Gasteiger partial charge on any atom is -0.310 e. The SMILES string of the molecule is c1ccc(-c2c3c(n(-c4ccccc4)c2-c2ccccc2)-c2cccc(N(c4ccccc4)c4ccc5c6ccccc6c6ccccc6c5c4)c2C32c3ccccc3-c3ccccc32)cc1. The lowest BCUT2D eigenvalue weighted by atomic mass is 9.68. The summed E-state index contributed by atoms with van der Waals surface area (Å²) < 4.78 is 2.58. The van der Waals surface area contributed by atoms with E-state index in [1.165, 1.54) is 99.3 Å². The van der Waals surface area contributed by atoms with Crippen LogP contribution >= 0.6 is 0 Å². The molecule has 1 aromatic heterocycles. The summed E-state index contributed by atoms with van der Waals surface area (Å²) in [5, 5.41) is 7.56. The van der Waals surface area contributed by atoms with Gasteiger partial charge in [0.25, 0.3) is 0 Å². The zero-order valence-corrected chi connectivity index (χ0v) is 36.6. The number of hydrogen-bond donors (Lipinski definition) is 0. The van der Waals surface area contributed by atoms with Crippen LogP contribution in [0.15, 0.2) is 255 Å². The van der Waals surface area contributed by atoms with Crippen molar-refractivity contribution >= 4 is 49.4 Å². The predicted octanol–water partition coefficient (Wildman–Crippen LogP) is 17.1. The molecule has 1 heterocycles. The van der Waals surface area contributed by atoms with E-state index in [9.17, 15) is 0 Å². The minimum atomic E-state index is -0.712. The Morgan fingerprint density at radius 1 is 0.313 bits per heavy atom. The number of nitrogens with zero attached hydrogens (tertiary/aromatic N) is 2. The second-order valence-electron chi connectivity index (χ2n) is 17.9. The highest BCUT2D eigenvalue weighted by Crippen LogP contribution is 2.69. The summed E-state index contributed by atoms with van der Waals surface area (Å²) in [7, 11) is 0. The zero-order valence-electron chi connectivity index (χ0n) is 36.6. The molecule has 2 aliphatic rings. The molecule has 67 heavy (non-hydrogen) atoms. The van der Waals surface area contributed by atoms with Crippen LogP contribution in [0.1, 0.15) is 22.3 Å². The summed E-state index contributed by atoms with van der Waals surface area (Å²) in [5.74, 6) is 0. The van der Waals surface area contributed by atoms with Gasteiger partial charge in [0.1, 0.15) is 0 Å². The topological polar surface area (TPSA) is 8.17 Å². The summed E-state index contributed by atoms with van der Waals surface area (Å²) in [4.78, 5) is 2.53. The van der Waals surface area contributed by atoms with Gasteiger partial charge >= 0.3 is 0 Å². The smallest absolute Gasteiger partial charge is 0.0768 e. The molecule has 0 N–H and O–H groups in total.